The molecule has 0 saturated heterocycles. The summed E-state index contributed by atoms with van der Waals surface area (Å²) >= 11 is 6.07. The highest BCUT2D eigenvalue weighted by Crippen LogP contribution is 2.22. The first-order valence-corrected chi connectivity index (χ1v) is 8.80. The number of halogens is 1. The fraction of sp³-hybridized carbons (Fsp3) is 0.571. The molecule has 0 aromatic heterocycles. The average Bonchev–Trinajstić information content (AvgIpc) is 2.45. The minimum atomic E-state index is -3.52. The fourth-order valence-electron chi connectivity index (χ4n) is 1.95. The molecule has 0 aliphatic carbocycles. The Morgan fingerprint density at radius 2 is 2.05 bits per heavy atom. The summed E-state index contributed by atoms with van der Waals surface area (Å²) in [6.45, 7) is 5.93. The van der Waals surface area contributed by atoms with Crippen LogP contribution in [0.2, 0.25) is 5.02 Å². The van der Waals surface area contributed by atoms with Crippen molar-refractivity contribution in [3.8, 4) is 0 Å². The average molecular weight is 335 g/mol. The van der Waals surface area contributed by atoms with Gasteiger partial charge < -0.3 is 10.1 Å². The second kappa shape index (κ2) is 8.70. The lowest BCUT2D eigenvalue weighted by molar-refractivity contribution is 0.135. The Morgan fingerprint density at radius 3 is 2.62 bits per heavy atom. The molecule has 0 aliphatic heterocycles. The maximum absolute atomic E-state index is 12.6. The lowest BCUT2D eigenvalue weighted by atomic mass is 10.2. The van der Waals surface area contributed by atoms with Crippen molar-refractivity contribution in [1.82, 2.24) is 9.62 Å². The van der Waals surface area contributed by atoms with Crippen LogP contribution >= 0.6 is 11.6 Å². The Balaban J connectivity index is 3.02. The third-order valence-electron chi connectivity index (χ3n) is 3.06. The molecule has 0 unspecified atom stereocenters. The molecule has 7 heteroatoms. The highest BCUT2D eigenvalue weighted by Gasteiger charge is 2.23. The van der Waals surface area contributed by atoms with Gasteiger partial charge in [-0.2, -0.15) is 4.31 Å². The number of likely N-dealkylation sites (N-methyl/N-ethyl adjacent to an activating group) is 1. The van der Waals surface area contributed by atoms with E-state index in [4.69, 9.17) is 16.3 Å². The van der Waals surface area contributed by atoms with E-state index in [1.807, 2.05) is 13.8 Å². The Kier molecular flexibility index (Phi) is 7.62. The summed E-state index contributed by atoms with van der Waals surface area (Å²) in [5.74, 6) is 0. The van der Waals surface area contributed by atoms with Crippen LogP contribution in [0.1, 0.15) is 19.4 Å². The predicted molar refractivity (Wildman–Crippen MR) is 85.1 cm³/mol. The Labute approximate surface area is 132 Å². The summed E-state index contributed by atoms with van der Waals surface area (Å²) in [5.41, 5.74) is 0.765. The number of benzene rings is 1. The largest absolute Gasteiger partial charge is 0.380 e. The molecule has 0 amide bonds. The second-order valence-corrected chi connectivity index (χ2v) is 6.82. The van der Waals surface area contributed by atoms with E-state index >= 15 is 0 Å². The van der Waals surface area contributed by atoms with Gasteiger partial charge in [-0.3, -0.25) is 0 Å². The minimum Gasteiger partial charge on any atom is -0.380 e. The molecule has 120 valence electrons. The molecule has 1 aromatic carbocycles. The monoisotopic (exact) mass is 334 g/mol. The van der Waals surface area contributed by atoms with Gasteiger partial charge in [0.25, 0.3) is 0 Å². The van der Waals surface area contributed by atoms with Crippen molar-refractivity contribution in [3.63, 3.8) is 0 Å². The van der Waals surface area contributed by atoms with Crippen molar-refractivity contribution in [2.45, 2.75) is 25.3 Å². The Morgan fingerprint density at radius 1 is 1.33 bits per heavy atom. The van der Waals surface area contributed by atoms with Crippen LogP contribution in [0.5, 0.6) is 0 Å². The molecule has 1 N–H and O–H groups in total. The van der Waals surface area contributed by atoms with Gasteiger partial charge in [0.15, 0.2) is 0 Å². The molecule has 0 heterocycles. The molecule has 0 fully saturated rings. The minimum absolute atomic E-state index is 0.260. The summed E-state index contributed by atoms with van der Waals surface area (Å²) in [5, 5.41) is 3.53. The predicted octanol–water partition coefficient (Wildman–Crippen LogP) is 2.11. The van der Waals surface area contributed by atoms with E-state index < -0.39 is 10.0 Å². The van der Waals surface area contributed by atoms with Crippen LogP contribution in [-0.4, -0.2) is 46.1 Å². The summed E-state index contributed by atoms with van der Waals surface area (Å²) in [7, 11) is -1.73. The molecule has 21 heavy (non-hydrogen) atoms. The van der Waals surface area contributed by atoms with E-state index in [9.17, 15) is 8.42 Å². The molecule has 0 bridgehead atoms. The van der Waals surface area contributed by atoms with Crippen molar-refractivity contribution in [2.75, 3.05) is 33.4 Å². The number of ether oxygens (including phenoxy) is 1. The standard InChI is InChI=1S/C14H23ClN2O3S/c1-4-17(8-9-20-5-2)21(18,19)13-6-7-14(15)12(10-13)11-16-3/h6-7,10,16H,4-5,8-9,11H2,1-3H3. The molecule has 1 aromatic rings. The molecule has 0 atom stereocenters. The zero-order valence-electron chi connectivity index (χ0n) is 12.7. The topological polar surface area (TPSA) is 58.6 Å². The van der Waals surface area contributed by atoms with Crippen molar-refractivity contribution in [3.05, 3.63) is 28.8 Å². The second-order valence-electron chi connectivity index (χ2n) is 4.48. The smallest absolute Gasteiger partial charge is 0.243 e. The van der Waals surface area contributed by atoms with E-state index in [0.29, 0.717) is 37.9 Å². The number of rotatable bonds is 9. The summed E-state index contributed by atoms with van der Waals surface area (Å²) in [4.78, 5) is 0.260. The first kappa shape index (κ1) is 18.4. The number of hydrogen-bond donors (Lipinski definition) is 1. The summed E-state index contributed by atoms with van der Waals surface area (Å²) in [6, 6.07) is 4.79. The highest BCUT2D eigenvalue weighted by molar-refractivity contribution is 7.89. The van der Waals surface area contributed by atoms with Crippen LogP contribution < -0.4 is 5.32 Å². The van der Waals surface area contributed by atoms with E-state index in [0.717, 1.165) is 5.56 Å². The quantitative estimate of drug-likeness (QED) is 0.703. The molecule has 0 spiro atoms. The molecule has 0 aliphatic rings. The summed E-state index contributed by atoms with van der Waals surface area (Å²) < 4.78 is 31.9. The Hall–Kier alpha value is -0.660. The third kappa shape index (κ3) is 4.93. The normalized spacial score (nSPS) is 12.0. The van der Waals surface area contributed by atoms with E-state index in [-0.39, 0.29) is 4.90 Å². The maximum Gasteiger partial charge on any atom is 0.243 e. The third-order valence-corrected chi connectivity index (χ3v) is 5.40. The van der Waals surface area contributed by atoms with E-state index in [1.165, 1.54) is 4.31 Å². The van der Waals surface area contributed by atoms with Gasteiger partial charge in [0.05, 0.1) is 11.5 Å². The number of hydrogen-bond acceptors (Lipinski definition) is 4. The molecular formula is C14H23ClN2O3S. The van der Waals surface area contributed by atoms with Gasteiger partial charge in [0.1, 0.15) is 0 Å². The van der Waals surface area contributed by atoms with E-state index in [1.54, 1.807) is 25.2 Å². The number of sulfonamides is 1. The van der Waals surface area contributed by atoms with Crippen molar-refractivity contribution < 1.29 is 13.2 Å². The van der Waals surface area contributed by atoms with Gasteiger partial charge in [0, 0.05) is 31.3 Å². The fourth-order valence-corrected chi connectivity index (χ4v) is 3.61. The van der Waals surface area contributed by atoms with Crippen LogP contribution in [-0.2, 0) is 21.3 Å². The van der Waals surface area contributed by atoms with Crippen molar-refractivity contribution in [2.24, 2.45) is 0 Å². The van der Waals surface area contributed by atoms with Gasteiger partial charge in [-0.15, -0.1) is 0 Å². The van der Waals surface area contributed by atoms with Crippen LogP contribution in [0.15, 0.2) is 23.1 Å². The van der Waals surface area contributed by atoms with Gasteiger partial charge in [-0.25, -0.2) is 8.42 Å². The van der Waals surface area contributed by atoms with Crippen LogP contribution in [0.25, 0.3) is 0 Å². The molecule has 1 rings (SSSR count). The Bertz CT molecular complexity index is 549. The lowest BCUT2D eigenvalue weighted by Gasteiger charge is -2.21. The zero-order valence-corrected chi connectivity index (χ0v) is 14.3. The zero-order chi connectivity index (χ0) is 15.9. The highest BCUT2D eigenvalue weighted by atomic mass is 35.5. The first-order valence-electron chi connectivity index (χ1n) is 6.98. The van der Waals surface area contributed by atoms with Crippen LogP contribution in [0.4, 0.5) is 0 Å². The van der Waals surface area contributed by atoms with Crippen molar-refractivity contribution >= 4 is 21.6 Å². The van der Waals surface area contributed by atoms with Crippen LogP contribution in [0, 0.1) is 0 Å². The SMILES string of the molecule is CCOCCN(CC)S(=O)(=O)c1ccc(Cl)c(CNC)c1. The lowest BCUT2D eigenvalue weighted by Crippen LogP contribution is -2.34. The van der Waals surface area contributed by atoms with E-state index in [2.05, 4.69) is 5.32 Å². The molecule has 5 nitrogen and oxygen atoms in total. The maximum atomic E-state index is 12.6. The van der Waals surface area contributed by atoms with Gasteiger partial charge in [0.2, 0.25) is 10.0 Å². The van der Waals surface area contributed by atoms with Crippen molar-refractivity contribution in [1.29, 1.82) is 0 Å². The number of nitrogens with zero attached hydrogens (tertiary/aromatic N) is 1. The first-order chi connectivity index (χ1) is 9.97. The van der Waals surface area contributed by atoms with Crippen LogP contribution in [0.3, 0.4) is 0 Å². The van der Waals surface area contributed by atoms with Gasteiger partial charge in [-0.1, -0.05) is 18.5 Å². The molecular weight excluding hydrogens is 312 g/mol. The number of nitrogens with one attached hydrogen (secondary N) is 1. The molecule has 0 saturated carbocycles. The molecule has 0 radical (unpaired) electrons. The summed E-state index contributed by atoms with van der Waals surface area (Å²) in [6.07, 6.45) is 0. The van der Waals surface area contributed by atoms with Gasteiger partial charge >= 0.3 is 0 Å². The van der Waals surface area contributed by atoms with Gasteiger partial charge in [-0.05, 0) is 37.7 Å².